The van der Waals surface area contributed by atoms with E-state index in [-0.39, 0.29) is 12.8 Å². The predicted octanol–water partition coefficient (Wildman–Crippen LogP) is 7.71. The van der Waals surface area contributed by atoms with Gasteiger partial charge in [0.1, 0.15) is 0 Å². The summed E-state index contributed by atoms with van der Waals surface area (Å²) >= 11 is 0. The fourth-order valence-electron chi connectivity index (χ4n) is 3.31. The van der Waals surface area contributed by atoms with Gasteiger partial charge in [-0.15, -0.1) is 0 Å². The second kappa shape index (κ2) is 10.4. The summed E-state index contributed by atoms with van der Waals surface area (Å²) in [6, 6.07) is 27.4. The second-order valence-corrected chi connectivity index (χ2v) is 5.83. The highest BCUT2D eigenvalue weighted by Gasteiger charge is 2.37. The standard InChI is InChI=1S/C22H16.2C2H6.CH4/c1-22(16-15-17-9-3-2-4-10-17)20-13-7-5-11-18(20)19-12-6-8-14-21(19)22;2*1-2;/h2-14H,1H3;2*1-2H3;1H4. The maximum Gasteiger partial charge on any atom is 0.0799 e. The van der Waals surface area contributed by atoms with Crippen LogP contribution in [-0.4, -0.2) is 0 Å². The van der Waals surface area contributed by atoms with Crippen LogP contribution in [0.25, 0.3) is 11.1 Å². The van der Waals surface area contributed by atoms with Gasteiger partial charge in [0.05, 0.1) is 5.41 Å². The molecule has 0 fully saturated rings. The summed E-state index contributed by atoms with van der Waals surface area (Å²) in [6.45, 7) is 10.2. The quantitative estimate of drug-likeness (QED) is 0.362. The van der Waals surface area contributed by atoms with E-state index in [1.54, 1.807) is 0 Å². The molecule has 0 aliphatic heterocycles. The average Bonchev–Trinajstić information content (AvgIpc) is 3.00. The molecule has 3 aromatic carbocycles. The molecular weight excluding hydrogens is 324 g/mol. The van der Waals surface area contributed by atoms with E-state index in [0.717, 1.165) is 5.56 Å². The third-order valence-electron chi connectivity index (χ3n) is 4.45. The minimum absolute atomic E-state index is 0. The molecule has 0 spiro atoms. The zero-order chi connectivity index (χ0) is 19.0. The molecule has 27 heavy (non-hydrogen) atoms. The molecule has 4 rings (SSSR count). The zero-order valence-electron chi connectivity index (χ0n) is 16.5. The molecule has 0 bridgehead atoms. The van der Waals surface area contributed by atoms with E-state index in [0.29, 0.717) is 0 Å². The van der Waals surface area contributed by atoms with E-state index in [2.05, 4.69) is 79.4 Å². The van der Waals surface area contributed by atoms with Gasteiger partial charge in [0.15, 0.2) is 0 Å². The lowest BCUT2D eigenvalue weighted by Gasteiger charge is -2.20. The molecule has 0 atom stereocenters. The van der Waals surface area contributed by atoms with Crippen LogP contribution in [0.2, 0.25) is 0 Å². The van der Waals surface area contributed by atoms with E-state index in [1.807, 2.05) is 45.9 Å². The van der Waals surface area contributed by atoms with Crippen LogP contribution in [0, 0.1) is 11.8 Å². The van der Waals surface area contributed by atoms with Crippen molar-refractivity contribution >= 4 is 0 Å². The van der Waals surface area contributed by atoms with E-state index < -0.39 is 0 Å². The maximum atomic E-state index is 3.54. The van der Waals surface area contributed by atoms with Crippen LogP contribution in [0.1, 0.15) is 58.7 Å². The Morgan fingerprint density at radius 2 is 1.00 bits per heavy atom. The van der Waals surface area contributed by atoms with Crippen molar-refractivity contribution in [3.05, 3.63) is 95.6 Å². The summed E-state index contributed by atoms with van der Waals surface area (Å²) in [5.41, 5.74) is 6.04. The largest absolute Gasteiger partial charge is 0.0817 e. The topological polar surface area (TPSA) is 0 Å². The Labute approximate surface area is 166 Å². The Morgan fingerprint density at radius 3 is 1.48 bits per heavy atom. The molecule has 0 amide bonds. The SMILES string of the molecule is C.CC.CC.CC1(C#Cc2ccccc2)c2ccccc2-c2ccccc21. The van der Waals surface area contributed by atoms with Crippen LogP contribution in [0.3, 0.4) is 0 Å². The molecule has 1 aliphatic carbocycles. The van der Waals surface area contributed by atoms with Crippen molar-refractivity contribution in [2.24, 2.45) is 0 Å². The van der Waals surface area contributed by atoms with Crippen LogP contribution >= 0.6 is 0 Å². The molecule has 0 nitrogen and oxygen atoms in total. The first kappa shape index (κ1) is 22.3. The highest BCUT2D eigenvalue weighted by atomic mass is 14.4. The monoisotopic (exact) mass is 356 g/mol. The van der Waals surface area contributed by atoms with Crippen molar-refractivity contribution in [3.8, 4) is 23.0 Å². The lowest BCUT2D eigenvalue weighted by molar-refractivity contribution is 0.778. The van der Waals surface area contributed by atoms with Gasteiger partial charge in [-0.1, -0.05) is 114 Å². The summed E-state index contributed by atoms with van der Waals surface area (Å²) < 4.78 is 0. The van der Waals surface area contributed by atoms with Crippen LogP contribution in [0.5, 0.6) is 0 Å². The number of rotatable bonds is 0. The molecule has 0 unspecified atom stereocenters. The highest BCUT2D eigenvalue weighted by Crippen LogP contribution is 2.48. The molecule has 140 valence electrons. The van der Waals surface area contributed by atoms with E-state index in [4.69, 9.17) is 0 Å². The predicted molar refractivity (Wildman–Crippen MR) is 121 cm³/mol. The minimum Gasteiger partial charge on any atom is -0.0817 e. The lowest BCUT2D eigenvalue weighted by Crippen LogP contribution is -2.17. The number of benzene rings is 3. The highest BCUT2D eigenvalue weighted by molar-refractivity contribution is 5.82. The second-order valence-electron chi connectivity index (χ2n) is 5.83. The van der Waals surface area contributed by atoms with Crippen molar-refractivity contribution in [2.45, 2.75) is 47.5 Å². The molecule has 0 aromatic heterocycles. The minimum atomic E-state index is -0.247. The third kappa shape index (κ3) is 4.32. The summed E-state index contributed by atoms with van der Waals surface area (Å²) in [7, 11) is 0. The van der Waals surface area contributed by atoms with E-state index in [1.165, 1.54) is 22.3 Å². The molecule has 0 N–H and O–H groups in total. The van der Waals surface area contributed by atoms with Gasteiger partial charge in [0, 0.05) is 5.56 Å². The first-order valence-corrected chi connectivity index (χ1v) is 9.57. The summed E-state index contributed by atoms with van der Waals surface area (Å²) in [6.07, 6.45) is 0. The van der Waals surface area contributed by atoms with Gasteiger partial charge < -0.3 is 0 Å². The van der Waals surface area contributed by atoms with Gasteiger partial charge in [-0.2, -0.15) is 0 Å². The van der Waals surface area contributed by atoms with E-state index >= 15 is 0 Å². The van der Waals surface area contributed by atoms with Crippen molar-refractivity contribution < 1.29 is 0 Å². The van der Waals surface area contributed by atoms with Crippen LogP contribution in [0.15, 0.2) is 78.9 Å². The van der Waals surface area contributed by atoms with E-state index in [9.17, 15) is 0 Å². The molecule has 0 saturated carbocycles. The molecule has 0 radical (unpaired) electrons. The molecule has 0 saturated heterocycles. The Hall–Kier alpha value is -2.78. The Morgan fingerprint density at radius 1 is 0.593 bits per heavy atom. The summed E-state index contributed by atoms with van der Waals surface area (Å²) in [4.78, 5) is 0. The Kier molecular flexibility index (Phi) is 8.57. The van der Waals surface area contributed by atoms with Gasteiger partial charge in [0.25, 0.3) is 0 Å². The first-order chi connectivity index (χ1) is 12.8. The smallest absolute Gasteiger partial charge is 0.0799 e. The van der Waals surface area contributed by atoms with Crippen molar-refractivity contribution in [1.29, 1.82) is 0 Å². The van der Waals surface area contributed by atoms with Crippen LogP contribution in [0.4, 0.5) is 0 Å². The molecular formula is C27H32. The average molecular weight is 357 g/mol. The van der Waals surface area contributed by atoms with Gasteiger partial charge in [-0.25, -0.2) is 0 Å². The van der Waals surface area contributed by atoms with Crippen molar-refractivity contribution in [2.75, 3.05) is 0 Å². The van der Waals surface area contributed by atoms with Gasteiger partial charge in [-0.05, 0) is 41.3 Å². The molecule has 3 aromatic rings. The van der Waals surface area contributed by atoms with Crippen LogP contribution in [-0.2, 0) is 5.41 Å². The molecule has 0 heteroatoms. The number of hydrogen-bond donors (Lipinski definition) is 0. The maximum absolute atomic E-state index is 3.54. The first-order valence-electron chi connectivity index (χ1n) is 9.57. The Balaban J connectivity index is 0.000000686. The molecule has 1 aliphatic rings. The van der Waals surface area contributed by atoms with Crippen LogP contribution < -0.4 is 0 Å². The van der Waals surface area contributed by atoms with Gasteiger partial charge >= 0.3 is 0 Å². The number of fused-ring (bicyclic) bond motifs is 3. The summed E-state index contributed by atoms with van der Waals surface area (Å²) in [5, 5.41) is 0. The van der Waals surface area contributed by atoms with Gasteiger partial charge in [-0.3, -0.25) is 0 Å². The third-order valence-corrected chi connectivity index (χ3v) is 4.45. The lowest BCUT2D eigenvalue weighted by atomic mass is 9.80. The molecule has 0 heterocycles. The fourth-order valence-corrected chi connectivity index (χ4v) is 3.31. The van der Waals surface area contributed by atoms with Crippen molar-refractivity contribution in [3.63, 3.8) is 0 Å². The summed E-state index contributed by atoms with van der Waals surface area (Å²) in [5.74, 6) is 6.90. The zero-order valence-corrected chi connectivity index (χ0v) is 16.5. The number of hydrogen-bond acceptors (Lipinski definition) is 0. The fraction of sp³-hybridized carbons (Fsp3) is 0.259. The Bertz CT molecular complexity index is 846. The van der Waals surface area contributed by atoms with Gasteiger partial charge in [0.2, 0.25) is 0 Å². The van der Waals surface area contributed by atoms with Crippen molar-refractivity contribution in [1.82, 2.24) is 0 Å². The normalized spacial score (nSPS) is 11.6.